The quantitative estimate of drug-likeness (QED) is 0.635. The molecular weight excluding hydrogens is 256 g/mol. The predicted octanol–water partition coefficient (Wildman–Crippen LogP) is 4.71. The van der Waals surface area contributed by atoms with Crippen LogP contribution in [0.25, 0.3) is 0 Å². The van der Waals surface area contributed by atoms with Gasteiger partial charge in [-0.3, -0.25) is 0 Å². The molecule has 0 radical (unpaired) electrons. The number of nitrogens with zero attached hydrogens (tertiary/aromatic N) is 1. The van der Waals surface area contributed by atoms with Crippen LogP contribution < -0.4 is 10.2 Å². The van der Waals surface area contributed by atoms with Gasteiger partial charge in [0.15, 0.2) is 0 Å². The first-order valence-electron chi connectivity index (χ1n) is 8.72. The van der Waals surface area contributed by atoms with E-state index < -0.39 is 0 Å². The average molecular weight is 290 g/mol. The van der Waals surface area contributed by atoms with Gasteiger partial charge in [-0.1, -0.05) is 52.3 Å². The maximum atomic E-state index is 3.58. The molecule has 0 amide bonds. The van der Waals surface area contributed by atoms with Crippen molar-refractivity contribution in [3.8, 4) is 0 Å². The molecule has 0 atom stereocenters. The number of unbranched alkanes of at least 4 members (excludes halogenated alkanes) is 1. The Balaban J connectivity index is 2.86. The summed E-state index contributed by atoms with van der Waals surface area (Å²) in [7, 11) is 0. The molecule has 1 aromatic carbocycles. The van der Waals surface area contributed by atoms with Crippen LogP contribution in [0.2, 0.25) is 0 Å². The Hall–Kier alpha value is -1.02. The lowest BCUT2D eigenvalue weighted by Crippen LogP contribution is -2.44. The fraction of sp³-hybridized carbons (Fsp3) is 0.684. The predicted molar refractivity (Wildman–Crippen MR) is 95.1 cm³/mol. The summed E-state index contributed by atoms with van der Waals surface area (Å²) in [4.78, 5) is 2.59. The molecule has 0 aliphatic carbocycles. The molecule has 0 aliphatic heterocycles. The summed E-state index contributed by atoms with van der Waals surface area (Å²) in [6, 6.07) is 10.9. The van der Waals surface area contributed by atoms with E-state index in [0.717, 1.165) is 26.2 Å². The van der Waals surface area contributed by atoms with E-state index in [1.54, 1.807) is 0 Å². The van der Waals surface area contributed by atoms with Gasteiger partial charge in [-0.15, -0.1) is 0 Å². The number of anilines is 1. The van der Waals surface area contributed by atoms with Crippen LogP contribution in [0.4, 0.5) is 5.69 Å². The first-order valence-corrected chi connectivity index (χ1v) is 8.72. The lowest BCUT2D eigenvalue weighted by molar-refractivity contribution is 0.254. The highest BCUT2D eigenvalue weighted by molar-refractivity contribution is 5.46. The van der Waals surface area contributed by atoms with Gasteiger partial charge >= 0.3 is 0 Å². The highest BCUT2D eigenvalue weighted by atomic mass is 15.1. The molecule has 0 bridgehead atoms. The van der Waals surface area contributed by atoms with E-state index >= 15 is 0 Å². The number of rotatable bonds is 11. The Kier molecular flexibility index (Phi) is 8.44. The van der Waals surface area contributed by atoms with E-state index in [0.29, 0.717) is 5.41 Å². The van der Waals surface area contributed by atoms with Crippen LogP contribution in [0.15, 0.2) is 30.3 Å². The summed E-state index contributed by atoms with van der Waals surface area (Å²) in [5.74, 6) is 0. The zero-order valence-corrected chi connectivity index (χ0v) is 14.5. The van der Waals surface area contributed by atoms with E-state index in [1.165, 1.54) is 31.4 Å². The van der Waals surface area contributed by atoms with Gasteiger partial charge in [0.1, 0.15) is 0 Å². The van der Waals surface area contributed by atoms with Crippen molar-refractivity contribution in [1.82, 2.24) is 5.32 Å². The van der Waals surface area contributed by atoms with Crippen molar-refractivity contribution >= 4 is 5.69 Å². The molecule has 0 saturated carbocycles. The van der Waals surface area contributed by atoms with Crippen molar-refractivity contribution in [2.45, 2.75) is 53.4 Å². The van der Waals surface area contributed by atoms with Gasteiger partial charge in [0.25, 0.3) is 0 Å². The van der Waals surface area contributed by atoms with Gasteiger partial charge in [-0.25, -0.2) is 0 Å². The molecule has 0 heterocycles. The van der Waals surface area contributed by atoms with Crippen molar-refractivity contribution in [3.63, 3.8) is 0 Å². The van der Waals surface area contributed by atoms with Crippen molar-refractivity contribution in [2.24, 2.45) is 5.41 Å². The topological polar surface area (TPSA) is 15.3 Å². The highest BCUT2D eigenvalue weighted by Gasteiger charge is 2.28. The van der Waals surface area contributed by atoms with E-state index in [2.05, 4.69) is 68.2 Å². The fourth-order valence-corrected chi connectivity index (χ4v) is 2.86. The number of hydrogen-bond donors (Lipinski definition) is 1. The van der Waals surface area contributed by atoms with Crippen molar-refractivity contribution in [1.29, 1.82) is 0 Å². The standard InChI is InChI=1S/C19H34N2/c1-5-9-15-21(18-13-11-10-12-14-18)17-19(6-2,7-3)16-20-8-4/h10-14,20H,5-9,15-17H2,1-4H3. The summed E-state index contributed by atoms with van der Waals surface area (Å²) in [5.41, 5.74) is 1.74. The molecule has 1 rings (SSSR count). The Morgan fingerprint density at radius 2 is 1.67 bits per heavy atom. The third-order valence-electron chi connectivity index (χ3n) is 4.68. The molecule has 0 spiro atoms. The van der Waals surface area contributed by atoms with E-state index in [-0.39, 0.29) is 0 Å². The molecule has 21 heavy (non-hydrogen) atoms. The summed E-state index contributed by atoms with van der Waals surface area (Å²) in [6.45, 7) is 13.6. The molecule has 0 unspecified atom stereocenters. The van der Waals surface area contributed by atoms with Crippen molar-refractivity contribution in [3.05, 3.63) is 30.3 Å². The van der Waals surface area contributed by atoms with Crippen LogP contribution in [0.3, 0.4) is 0 Å². The third-order valence-corrected chi connectivity index (χ3v) is 4.68. The molecule has 2 heteroatoms. The number of hydrogen-bond acceptors (Lipinski definition) is 2. The molecule has 2 nitrogen and oxygen atoms in total. The fourth-order valence-electron chi connectivity index (χ4n) is 2.86. The lowest BCUT2D eigenvalue weighted by atomic mass is 9.81. The number of para-hydroxylation sites is 1. The largest absolute Gasteiger partial charge is 0.371 e. The van der Waals surface area contributed by atoms with Crippen molar-refractivity contribution < 1.29 is 0 Å². The Morgan fingerprint density at radius 1 is 1.00 bits per heavy atom. The van der Waals surface area contributed by atoms with Gasteiger partial charge in [0, 0.05) is 25.3 Å². The van der Waals surface area contributed by atoms with Crippen LogP contribution in [-0.2, 0) is 0 Å². The third kappa shape index (κ3) is 5.70. The average Bonchev–Trinajstić information content (AvgIpc) is 2.55. The van der Waals surface area contributed by atoms with Gasteiger partial charge in [0.2, 0.25) is 0 Å². The van der Waals surface area contributed by atoms with E-state index in [1.807, 2.05) is 0 Å². The van der Waals surface area contributed by atoms with Gasteiger partial charge < -0.3 is 10.2 Å². The summed E-state index contributed by atoms with van der Waals surface area (Å²) < 4.78 is 0. The molecule has 0 aliphatic rings. The van der Waals surface area contributed by atoms with E-state index in [4.69, 9.17) is 0 Å². The van der Waals surface area contributed by atoms with E-state index in [9.17, 15) is 0 Å². The molecule has 0 saturated heterocycles. The van der Waals surface area contributed by atoms with Gasteiger partial charge in [-0.05, 0) is 43.4 Å². The Labute approximate surface area is 131 Å². The smallest absolute Gasteiger partial charge is 0.0366 e. The number of nitrogens with one attached hydrogen (secondary N) is 1. The molecule has 1 aromatic rings. The van der Waals surface area contributed by atoms with Crippen LogP contribution in [0.1, 0.15) is 53.4 Å². The zero-order valence-electron chi connectivity index (χ0n) is 14.5. The minimum absolute atomic E-state index is 0.375. The summed E-state index contributed by atoms with van der Waals surface area (Å²) in [5, 5.41) is 3.58. The van der Waals surface area contributed by atoms with Crippen LogP contribution in [-0.4, -0.2) is 26.2 Å². The molecular formula is C19H34N2. The zero-order chi connectivity index (χ0) is 15.6. The number of benzene rings is 1. The lowest BCUT2D eigenvalue weighted by Gasteiger charge is -2.39. The minimum Gasteiger partial charge on any atom is -0.371 e. The second-order valence-electron chi connectivity index (χ2n) is 6.10. The Morgan fingerprint density at radius 3 is 2.19 bits per heavy atom. The summed E-state index contributed by atoms with van der Waals surface area (Å²) >= 11 is 0. The maximum Gasteiger partial charge on any atom is 0.0366 e. The first-order chi connectivity index (χ1) is 10.2. The van der Waals surface area contributed by atoms with Gasteiger partial charge in [-0.2, -0.15) is 0 Å². The summed E-state index contributed by atoms with van der Waals surface area (Å²) in [6.07, 6.45) is 4.97. The monoisotopic (exact) mass is 290 g/mol. The van der Waals surface area contributed by atoms with Crippen LogP contribution in [0.5, 0.6) is 0 Å². The molecule has 0 fully saturated rings. The highest BCUT2D eigenvalue weighted by Crippen LogP contribution is 2.29. The van der Waals surface area contributed by atoms with Gasteiger partial charge in [0.05, 0.1) is 0 Å². The first kappa shape index (κ1) is 18.0. The SMILES string of the molecule is CCCCN(CC(CC)(CC)CNCC)c1ccccc1. The molecule has 120 valence electrons. The van der Waals surface area contributed by atoms with Crippen LogP contribution >= 0.6 is 0 Å². The Bertz CT molecular complexity index is 357. The van der Waals surface area contributed by atoms with Crippen molar-refractivity contribution in [2.75, 3.05) is 31.1 Å². The molecule has 1 N–H and O–H groups in total. The minimum atomic E-state index is 0.375. The second-order valence-corrected chi connectivity index (χ2v) is 6.10. The van der Waals surface area contributed by atoms with Crippen LogP contribution in [0, 0.1) is 5.41 Å². The normalized spacial score (nSPS) is 11.6. The maximum absolute atomic E-state index is 3.58. The second kappa shape index (κ2) is 9.83. The molecule has 0 aromatic heterocycles.